The fourth-order valence-corrected chi connectivity index (χ4v) is 3.02. The fraction of sp³-hybridized carbons (Fsp3) is 0.588. The van der Waals surface area contributed by atoms with Gasteiger partial charge in [0, 0.05) is 6.04 Å². The highest BCUT2D eigenvalue weighted by molar-refractivity contribution is 5.73. The van der Waals surface area contributed by atoms with Crippen molar-refractivity contribution in [2.24, 2.45) is 0 Å². The highest BCUT2D eigenvalue weighted by Crippen LogP contribution is 2.32. The molecule has 1 aliphatic rings. The second-order valence-electron chi connectivity index (χ2n) is 5.71. The molecule has 0 bridgehead atoms. The lowest BCUT2D eigenvalue weighted by molar-refractivity contribution is -0.140. The van der Waals surface area contributed by atoms with Gasteiger partial charge in [-0.2, -0.15) is 0 Å². The standard InChI is InChI=1S/C17H25NO3/c1-3-4-7-16(17(19)20)18-15-8-5-6-12-11-13(21-2)9-10-14(12)15/h9-11,15-16,18H,3-8H2,1-2H3,(H,19,20). The molecule has 21 heavy (non-hydrogen) atoms. The van der Waals surface area contributed by atoms with Crippen LogP contribution < -0.4 is 10.1 Å². The predicted octanol–water partition coefficient (Wildman–Crippen LogP) is 3.31. The second-order valence-corrected chi connectivity index (χ2v) is 5.71. The van der Waals surface area contributed by atoms with Gasteiger partial charge in [-0.1, -0.05) is 25.8 Å². The number of fused-ring (bicyclic) bond motifs is 1. The summed E-state index contributed by atoms with van der Waals surface area (Å²) in [6.07, 6.45) is 5.76. The van der Waals surface area contributed by atoms with Crippen LogP contribution in [0.2, 0.25) is 0 Å². The topological polar surface area (TPSA) is 58.6 Å². The van der Waals surface area contributed by atoms with E-state index in [0.29, 0.717) is 6.42 Å². The van der Waals surface area contributed by atoms with Gasteiger partial charge in [0.1, 0.15) is 11.8 Å². The van der Waals surface area contributed by atoms with Crippen molar-refractivity contribution in [3.8, 4) is 5.75 Å². The molecule has 0 saturated heterocycles. The average Bonchev–Trinajstić information content (AvgIpc) is 2.50. The number of methoxy groups -OCH3 is 1. The SMILES string of the molecule is CCCCC(NC1CCCc2cc(OC)ccc21)C(=O)O. The number of aliphatic carboxylic acids is 1. The van der Waals surface area contributed by atoms with Crippen molar-refractivity contribution >= 4 is 5.97 Å². The smallest absolute Gasteiger partial charge is 0.320 e. The van der Waals surface area contributed by atoms with E-state index in [1.54, 1.807) is 7.11 Å². The zero-order valence-electron chi connectivity index (χ0n) is 12.9. The third kappa shape index (κ3) is 3.97. The molecular weight excluding hydrogens is 266 g/mol. The first-order valence-corrected chi connectivity index (χ1v) is 7.81. The molecule has 2 N–H and O–H groups in total. The summed E-state index contributed by atoms with van der Waals surface area (Å²) in [6.45, 7) is 2.08. The van der Waals surface area contributed by atoms with E-state index in [9.17, 15) is 9.90 Å². The van der Waals surface area contributed by atoms with Crippen LogP contribution in [0.5, 0.6) is 5.75 Å². The Morgan fingerprint density at radius 3 is 3.00 bits per heavy atom. The van der Waals surface area contributed by atoms with Crippen molar-refractivity contribution in [3.63, 3.8) is 0 Å². The average molecular weight is 291 g/mol. The quantitative estimate of drug-likeness (QED) is 0.809. The highest BCUT2D eigenvalue weighted by Gasteiger charge is 2.26. The summed E-state index contributed by atoms with van der Waals surface area (Å²) in [5.74, 6) is 0.124. The zero-order chi connectivity index (χ0) is 15.2. The Balaban J connectivity index is 2.13. The fourth-order valence-electron chi connectivity index (χ4n) is 3.02. The number of rotatable bonds is 7. The Bertz CT molecular complexity index is 487. The number of carboxylic acid groups (broad SMARTS) is 1. The molecule has 4 nitrogen and oxygen atoms in total. The Morgan fingerprint density at radius 1 is 1.52 bits per heavy atom. The van der Waals surface area contributed by atoms with Crippen molar-refractivity contribution in [2.75, 3.05) is 7.11 Å². The number of hydrogen-bond donors (Lipinski definition) is 2. The van der Waals surface area contributed by atoms with Gasteiger partial charge in [-0.25, -0.2) is 0 Å². The molecule has 0 radical (unpaired) electrons. The van der Waals surface area contributed by atoms with Crippen LogP contribution >= 0.6 is 0 Å². The molecule has 4 heteroatoms. The normalized spacial score (nSPS) is 18.9. The molecule has 0 aromatic heterocycles. The molecule has 1 aliphatic carbocycles. The van der Waals surface area contributed by atoms with E-state index in [2.05, 4.69) is 24.4 Å². The first kappa shape index (κ1) is 15.8. The lowest BCUT2D eigenvalue weighted by Gasteiger charge is -2.29. The van der Waals surface area contributed by atoms with Crippen LogP contribution in [-0.2, 0) is 11.2 Å². The summed E-state index contributed by atoms with van der Waals surface area (Å²) >= 11 is 0. The van der Waals surface area contributed by atoms with Gasteiger partial charge >= 0.3 is 5.97 Å². The number of benzene rings is 1. The van der Waals surface area contributed by atoms with Crippen LogP contribution in [0.1, 0.15) is 56.2 Å². The van der Waals surface area contributed by atoms with Gasteiger partial charge in [-0.3, -0.25) is 10.1 Å². The number of carbonyl (C=O) groups is 1. The highest BCUT2D eigenvalue weighted by atomic mass is 16.5. The molecule has 0 heterocycles. The van der Waals surface area contributed by atoms with Crippen molar-refractivity contribution < 1.29 is 14.6 Å². The molecule has 2 atom stereocenters. The summed E-state index contributed by atoms with van der Waals surface area (Å²) in [6, 6.07) is 5.79. The molecule has 116 valence electrons. The zero-order valence-corrected chi connectivity index (χ0v) is 12.9. The maximum absolute atomic E-state index is 11.4. The third-order valence-corrected chi connectivity index (χ3v) is 4.21. The summed E-state index contributed by atoms with van der Waals surface area (Å²) in [5, 5.41) is 12.7. The number of ether oxygens (including phenoxy) is 1. The molecule has 0 saturated carbocycles. The third-order valence-electron chi connectivity index (χ3n) is 4.21. The van der Waals surface area contributed by atoms with Gasteiger partial charge in [-0.15, -0.1) is 0 Å². The number of aryl methyl sites for hydroxylation is 1. The number of carboxylic acids is 1. The van der Waals surface area contributed by atoms with Crippen LogP contribution in [-0.4, -0.2) is 24.2 Å². The van der Waals surface area contributed by atoms with Gasteiger partial charge in [-0.05, 0) is 48.9 Å². The summed E-state index contributed by atoms with van der Waals surface area (Å²) in [7, 11) is 1.67. The Morgan fingerprint density at radius 2 is 2.33 bits per heavy atom. The predicted molar refractivity (Wildman–Crippen MR) is 82.8 cm³/mol. The van der Waals surface area contributed by atoms with Gasteiger partial charge in [0.15, 0.2) is 0 Å². The van der Waals surface area contributed by atoms with Crippen LogP contribution in [0.4, 0.5) is 0 Å². The molecular formula is C17H25NO3. The molecule has 0 spiro atoms. The molecule has 0 amide bonds. The first-order chi connectivity index (χ1) is 10.2. The van der Waals surface area contributed by atoms with E-state index in [0.717, 1.165) is 37.9 Å². The van der Waals surface area contributed by atoms with Gasteiger partial charge in [0.05, 0.1) is 7.11 Å². The van der Waals surface area contributed by atoms with Crippen molar-refractivity contribution in [3.05, 3.63) is 29.3 Å². The first-order valence-electron chi connectivity index (χ1n) is 7.81. The van der Waals surface area contributed by atoms with Crippen molar-refractivity contribution in [1.29, 1.82) is 0 Å². The summed E-state index contributed by atoms with van der Waals surface area (Å²) in [5.41, 5.74) is 2.50. The maximum Gasteiger partial charge on any atom is 0.320 e. The van der Waals surface area contributed by atoms with Crippen molar-refractivity contribution in [1.82, 2.24) is 5.32 Å². The lowest BCUT2D eigenvalue weighted by Crippen LogP contribution is -2.40. The second kappa shape index (κ2) is 7.46. The molecule has 0 fully saturated rings. The van der Waals surface area contributed by atoms with Crippen LogP contribution in [0.15, 0.2) is 18.2 Å². The summed E-state index contributed by atoms with van der Waals surface area (Å²) in [4.78, 5) is 11.4. The van der Waals surface area contributed by atoms with Crippen molar-refractivity contribution in [2.45, 2.75) is 57.5 Å². The largest absolute Gasteiger partial charge is 0.497 e. The number of unbranched alkanes of at least 4 members (excludes halogenated alkanes) is 1. The Hall–Kier alpha value is -1.55. The monoisotopic (exact) mass is 291 g/mol. The Kier molecular flexibility index (Phi) is 5.62. The van der Waals surface area contributed by atoms with E-state index >= 15 is 0 Å². The molecule has 2 unspecified atom stereocenters. The Labute approximate surface area is 126 Å². The van der Waals surface area contributed by atoms with Gasteiger partial charge in [0.2, 0.25) is 0 Å². The molecule has 0 aliphatic heterocycles. The van der Waals surface area contributed by atoms with Gasteiger partial charge in [0.25, 0.3) is 0 Å². The van der Waals surface area contributed by atoms with E-state index in [1.807, 2.05) is 6.07 Å². The van der Waals surface area contributed by atoms with E-state index in [1.165, 1.54) is 11.1 Å². The van der Waals surface area contributed by atoms with Crippen LogP contribution in [0.3, 0.4) is 0 Å². The van der Waals surface area contributed by atoms with Gasteiger partial charge < -0.3 is 9.84 Å². The minimum atomic E-state index is -0.746. The minimum absolute atomic E-state index is 0.137. The number of nitrogens with one attached hydrogen (secondary N) is 1. The van der Waals surface area contributed by atoms with E-state index in [4.69, 9.17) is 4.74 Å². The van der Waals surface area contributed by atoms with E-state index in [-0.39, 0.29) is 6.04 Å². The van der Waals surface area contributed by atoms with Crippen LogP contribution in [0, 0.1) is 0 Å². The minimum Gasteiger partial charge on any atom is -0.497 e. The van der Waals surface area contributed by atoms with E-state index < -0.39 is 12.0 Å². The summed E-state index contributed by atoms with van der Waals surface area (Å²) < 4.78 is 5.27. The molecule has 1 aromatic rings. The van der Waals surface area contributed by atoms with Crippen LogP contribution in [0.25, 0.3) is 0 Å². The number of hydrogen-bond acceptors (Lipinski definition) is 3. The maximum atomic E-state index is 11.4. The molecule has 2 rings (SSSR count). The molecule has 1 aromatic carbocycles. The lowest BCUT2D eigenvalue weighted by atomic mass is 9.87.